The lowest BCUT2D eigenvalue weighted by atomic mass is 10.1. The summed E-state index contributed by atoms with van der Waals surface area (Å²) in [6.07, 6.45) is 2.65. The maximum Gasteiger partial charge on any atom is 0.329 e. The van der Waals surface area contributed by atoms with Crippen LogP contribution in [0, 0.1) is 10.1 Å². The average Bonchev–Trinajstić information content (AvgIpc) is 3.08. The van der Waals surface area contributed by atoms with E-state index in [4.69, 9.17) is 4.42 Å². The number of amides is 2. The van der Waals surface area contributed by atoms with Gasteiger partial charge in [-0.2, -0.15) is 5.10 Å². The Kier molecular flexibility index (Phi) is 5.77. The SMILES string of the molecule is C=CCNC(=O)C(=O)N/N=C/c1ccc(-c2cccc([N+](=O)[O-])c2)o1. The number of furan rings is 1. The van der Waals surface area contributed by atoms with Gasteiger partial charge in [0.25, 0.3) is 5.69 Å². The second kappa shape index (κ2) is 8.20. The number of nitrogens with one attached hydrogen (secondary N) is 2. The molecule has 1 aromatic carbocycles. The minimum absolute atomic E-state index is 0.0538. The predicted molar refractivity (Wildman–Crippen MR) is 89.7 cm³/mol. The molecule has 0 aliphatic carbocycles. The zero-order chi connectivity index (χ0) is 18.2. The van der Waals surface area contributed by atoms with Crippen LogP contribution in [0.25, 0.3) is 11.3 Å². The molecule has 9 nitrogen and oxygen atoms in total. The van der Waals surface area contributed by atoms with E-state index >= 15 is 0 Å². The van der Waals surface area contributed by atoms with E-state index in [0.717, 1.165) is 0 Å². The van der Waals surface area contributed by atoms with E-state index in [1.807, 2.05) is 5.43 Å². The zero-order valence-electron chi connectivity index (χ0n) is 13.0. The maximum atomic E-state index is 11.4. The van der Waals surface area contributed by atoms with Crippen LogP contribution in [0.15, 0.2) is 58.6 Å². The molecule has 0 aliphatic heterocycles. The van der Waals surface area contributed by atoms with Crippen molar-refractivity contribution in [2.45, 2.75) is 0 Å². The van der Waals surface area contributed by atoms with Crippen LogP contribution in [-0.2, 0) is 9.59 Å². The molecule has 0 unspecified atom stereocenters. The Labute approximate surface area is 142 Å². The van der Waals surface area contributed by atoms with Crippen LogP contribution in [0.5, 0.6) is 0 Å². The standard InChI is InChI=1S/C16H14N4O5/c1-2-8-17-15(21)16(22)19-18-10-13-6-7-14(25-13)11-4-3-5-12(9-11)20(23)24/h2-7,9-10H,1,8H2,(H,17,21)(H,19,22)/b18-10+. The Morgan fingerprint density at radius 1 is 1.28 bits per heavy atom. The Bertz CT molecular complexity index is 841. The van der Waals surface area contributed by atoms with Crippen molar-refractivity contribution < 1.29 is 18.9 Å². The van der Waals surface area contributed by atoms with Crippen LogP contribution in [0.2, 0.25) is 0 Å². The van der Waals surface area contributed by atoms with Gasteiger partial charge in [0.1, 0.15) is 11.5 Å². The Hall–Kier alpha value is -3.75. The summed E-state index contributed by atoms with van der Waals surface area (Å²) in [5.41, 5.74) is 2.52. The van der Waals surface area contributed by atoms with Crippen molar-refractivity contribution in [2.75, 3.05) is 6.54 Å². The first-order chi connectivity index (χ1) is 12.0. The molecular weight excluding hydrogens is 328 g/mol. The first-order valence-electron chi connectivity index (χ1n) is 7.08. The molecule has 0 atom stereocenters. The Morgan fingerprint density at radius 3 is 2.80 bits per heavy atom. The number of carbonyl (C=O) groups is 2. The van der Waals surface area contributed by atoms with Gasteiger partial charge in [0.2, 0.25) is 0 Å². The van der Waals surface area contributed by atoms with E-state index in [0.29, 0.717) is 17.1 Å². The average molecular weight is 342 g/mol. The minimum Gasteiger partial charge on any atom is -0.455 e. The molecule has 1 heterocycles. The fourth-order valence-electron chi connectivity index (χ4n) is 1.80. The molecule has 128 valence electrons. The highest BCUT2D eigenvalue weighted by atomic mass is 16.6. The molecule has 1 aromatic heterocycles. The lowest BCUT2D eigenvalue weighted by molar-refractivity contribution is -0.384. The third kappa shape index (κ3) is 4.86. The Balaban J connectivity index is 2.00. The van der Waals surface area contributed by atoms with Gasteiger partial charge in [-0.05, 0) is 12.1 Å². The first-order valence-corrected chi connectivity index (χ1v) is 7.08. The summed E-state index contributed by atoms with van der Waals surface area (Å²) in [5, 5.41) is 16.7. The van der Waals surface area contributed by atoms with Crippen LogP contribution in [0.4, 0.5) is 5.69 Å². The topological polar surface area (TPSA) is 127 Å². The van der Waals surface area contributed by atoms with Gasteiger partial charge < -0.3 is 9.73 Å². The molecule has 0 radical (unpaired) electrons. The quantitative estimate of drug-likeness (QED) is 0.271. The van der Waals surface area contributed by atoms with Crippen LogP contribution < -0.4 is 10.7 Å². The molecule has 0 aliphatic rings. The van der Waals surface area contributed by atoms with Gasteiger partial charge >= 0.3 is 11.8 Å². The molecular formula is C16H14N4O5. The fourth-order valence-corrected chi connectivity index (χ4v) is 1.80. The molecule has 2 aromatic rings. The van der Waals surface area contributed by atoms with E-state index in [-0.39, 0.29) is 12.2 Å². The molecule has 2 amide bonds. The van der Waals surface area contributed by atoms with Crippen LogP contribution >= 0.6 is 0 Å². The first kappa shape index (κ1) is 17.6. The molecule has 0 saturated heterocycles. The van der Waals surface area contributed by atoms with Gasteiger partial charge in [0, 0.05) is 24.2 Å². The van der Waals surface area contributed by atoms with Crippen LogP contribution in [-0.4, -0.2) is 29.5 Å². The largest absolute Gasteiger partial charge is 0.455 e. The third-order valence-corrected chi connectivity index (χ3v) is 2.94. The van der Waals surface area contributed by atoms with Crippen molar-refractivity contribution in [3.63, 3.8) is 0 Å². The summed E-state index contributed by atoms with van der Waals surface area (Å²) >= 11 is 0. The number of non-ortho nitro benzene ring substituents is 1. The lowest BCUT2D eigenvalue weighted by Gasteiger charge is -1.99. The summed E-state index contributed by atoms with van der Waals surface area (Å²) in [5.74, 6) is -1.06. The van der Waals surface area contributed by atoms with Gasteiger partial charge in [-0.15, -0.1) is 6.58 Å². The van der Waals surface area contributed by atoms with E-state index in [1.54, 1.807) is 24.3 Å². The van der Waals surface area contributed by atoms with Gasteiger partial charge in [-0.3, -0.25) is 19.7 Å². The smallest absolute Gasteiger partial charge is 0.329 e. The monoisotopic (exact) mass is 342 g/mol. The number of benzene rings is 1. The van der Waals surface area contributed by atoms with Crippen molar-refractivity contribution in [3.05, 3.63) is 64.9 Å². The van der Waals surface area contributed by atoms with Gasteiger partial charge in [-0.25, -0.2) is 5.43 Å². The van der Waals surface area contributed by atoms with Crippen molar-refractivity contribution in [1.82, 2.24) is 10.7 Å². The molecule has 0 bridgehead atoms. The predicted octanol–water partition coefficient (Wildman–Crippen LogP) is 1.61. The molecule has 0 saturated carbocycles. The van der Waals surface area contributed by atoms with E-state index in [9.17, 15) is 19.7 Å². The summed E-state index contributed by atoms with van der Waals surface area (Å²) in [6.45, 7) is 3.58. The maximum absolute atomic E-state index is 11.4. The number of carbonyl (C=O) groups excluding carboxylic acids is 2. The summed E-state index contributed by atoms with van der Waals surface area (Å²) < 4.78 is 5.47. The van der Waals surface area contributed by atoms with Gasteiger partial charge in [0.15, 0.2) is 0 Å². The van der Waals surface area contributed by atoms with Gasteiger partial charge in [0.05, 0.1) is 11.1 Å². The number of hydrogen-bond acceptors (Lipinski definition) is 6. The second-order valence-electron chi connectivity index (χ2n) is 4.71. The molecule has 2 rings (SSSR count). The number of nitro benzene ring substituents is 1. The van der Waals surface area contributed by atoms with Crippen molar-refractivity contribution in [1.29, 1.82) is 0 Å². The summed E-state index contributed by atoms with van der Waals surface area (Å²) in [6, 6.07) is 9.15. The number of nitrogens with zero attached hydrogens (tertiary/aromatic N) is 2. The van der Waals surface area contributed by atoms with Crippen LogP contribution in [0.3, 0.4) is 0 Å². The fraction of sp³-hybridized carbons (Fsp3) is 0.0625. The molecule has 2 N–H and O–H groups in total. The van der Waals surface area contributed by atoms with Crippen LogP contribution in [0.1, 0.15) is 5.76 Å². The highest BCUT2D eigenvalue weighted by Gasteiger charge is 2.11. The molecule has 0 fully saturated rings. The zero-order valence-corrected chi connectivity index (χ0v) is 13.0. The minimum atomic E-state index is -0.927. The normalized spacial score (nSPS) is 10.4. The highest BCUT2D eigenvalue weighted by molar-refractivity contribution is 6.35. The van der Waals surface area contributed by atoms with Crippen molar-refractivity contribution >= 4 is 23.7 Å². The summed E-state index contributed by atoms with van der Waals surface area (Å²) in [4.78, 5) is 33.0. The van der Waals surface area contributed by atoms with E-state index < -0.39 is 16.7 Å². The third-order valence-electron chi connectivity index (χ3n) is 2.94. The molecule has 0 spiro atoms. The number of rotatable bonds is 6. The Morgan fingerprint density at radius 2 is 2.08 bits per heavy atom. The van der Waals surface area contributed by atoms with Gasteiger partial charge in [-0.1, -0.05) is 18.2 Å². The number of nitro groups is 1. The summed E-state index contributed by atoms with van der Waals surface area (Å²) in [7, 11) is 0. The molecule has 9 heteroatoms. The highest BCUT2D eigenvalue weighted by Crippen LogP contribution is 2.25. The molecule has 25 heavy (non-hydrogen) atoms. The van der Waals surface area contributed by atoms with Crippen molar-refractivity contribution in [3.8, 4) is 11.3 Å². The van der Waals surface area contributed by atoms with Crippen molar-refractivity contribution in [2.24, 2.45) is 5.10 Å². The van der Waals surface area contributed by atoms with E-state index in [2.05, 4.69) is 17.0 Å². The number of hydrogen-bond donors (Lipinski definition) is 2. The second-order valence-corrected chi connectivity index (χ2v) is 4.71. The number of hydrazone groups is 1. The lowest BCUT2D eigenvalue weighted by Crippen LogP contribution is -2.37. The van der Waals surface area contributed by atoms with E-state index in [1.165, 1.54) is 24.4 Å².